The second-order valence-electron chi connectivity index (χ2n) is 3.08. The summed E-state index contributed by atoms with van der Waals surface area (Å²) in [7, 11) is 1.50. The molecule has 1 unspecified atom stereocenters. The number of rotatable bonds is 5. The van der Waals surface area contributed by atoms with E-state index in [0.29, 0.717) is 11.4 Å². The van der Waals surface area contributed by atoms with Crippen LogP contribution >= 0.6 is 0 Å². The van der Waals surface area contributed by atoms with E-state index < -0.39 is 12.1 Å². The average Bonchev–Trinajstić information content (AvgIpc) is 2.26. The van der Waals surface area contributed by atoms with Crippen LogP contribution in [0.1, 0.15) is 24.5 Å². The van der Waals surface area contributed by atoms with Crippen molar-refractivity contribution in [3.05, 3.63) is 23.9 Å². The zero-order chi connectivity index (χ0) is 11.3. The molecule has 1 heterocycles. The van der Waals surface area contributed by atoms with Crippen LogP contribution in [-0.4, -0.2) is 28.3 Å². The van der Waals surface area contributed by atoms with Crippen molar-refractivity contribution in [2.45, 2.75) is 18.9 Å². The van der Waals surface area contributed by atoms with Gasteiger partial charge in [0.1, 0.15) is 0 Å². The van der Waals surface area contributed by atoms with E-state index in [1.807, 2.05) is 0 Å². The molecule has 0 radical (unpaired) electrons. The number of carboxylic acid groups (broad SMARTS) is 1. The van der Waals surface area contributed by atoms with E-state index in [9.17, 15) is 9.90 Å². The zero-order valence-corrected chi connectivity index (χ0v) is 8.38. The van der Waals surface area contributed by atoms with E-state index in [2.05, 4.69) is 4.98 Å². The Bertz CT molecular complexity index is 323. The van der Waals surface area contributed by atoms with Crippen LogP contribution in [0.2, 0.25) is 0 Å². The molecule has 1 aromatic rings. The van der Waals surface area contributed by atoms with E-state index >= 15 is 0 Å². The molecule has 0 aliphatic carbocycles. The minimum atomic E-state index is -0.921. The Balaban J connectivity index is 2.57. The minimum absolute atomic E-state index is 0.0623. The molecule has 82 valence electrons. The van der Waals surface area contributed by atoms with Gasteiger partial charge in [0, 0.05) is 18.7 Å². The summed E-state index contributed by atoms with van der Waals surface area (Å²) in [6, 6.07) is 3.29. The monoisotopic (exact) mass is 211 g/mol. The number of ether oxygens (including phenoxy) is 1. The van der Waals surface area contributed by atoms with Gasteiger partial charge in [-0.05, 0) is 18.1 Å². The summed E-state index contributed by atoms with van der Waals surface area (Å²) in [5.74, 6) is -0.459. The minimum Gasteiger partial charge on any atom is -0.481 e. The van der Waals surface area contributed by atoms with Gasteiger partial charge in [-0.25, -0.2) is 4.98 Å². The molecular weight excluding hydrogens is 198 g/mol. The molecule has 0 saturated carbocycles. The molecule has 0 bridgehead atoms. The topological polar surface area (TPSA) is 79.7 Å². The third kappa shape index (κ3) is 3.55. The van der Waals surface area contributed by atoms with Crippen LogP contribution in [-0.2, 0) is 4.79 Å². The fraction of sp³-hybridized carbons (Fsp3) is 0.400. The molecule has 5 heteroatoms. The molecule has 0 aromatic carbocycles. The Morgan fingerprint density at radius 3 is 2.80 bits per heavy atom. The van der Waals surface area contributed by atoms with Gasteiger partial charge < -0.3 is 14.9 Å². The number of aromatic nitrogens is 1. The third-order valence-electron chi connectivity index (χ3n) is 1.98. The first-order chi connectivity index (χ1) is 7.13. The van der Waals surface area contributed by atoms with Crippen LogP contribution in [0.25, 0.3) is 0 Å². The van der Waals surface area contributed by atoms with Crippen LogP contribution in [0, 0.1) is 0 Å². The normalized spacial score (nSPS) is 12.1. The highest BCUT2D eigenvalue weighted by Gasteiger charge is 2.10. The highest BCUT2D eigenvalue weighted by atomic mass is 16.5. The molecule has 0 aliphatic heterocycles. The largest absolute Gasteiger partial charge is 0.481 e. The van der Waals surface area contributed by atoms with Gasteiger partial charge in [-0.2, -0.15) is 0 Å². The molecule has 0 fully saturated rings. The second kappa shape index (κ2) is 5.31. The van der Waals surface area contributed by atoms with Crippen molar-refractivity contribution < 1.29 is 19.7 Å². The maximum absolute atomic E-state index is 10.3. The summed E-state index contributed by atoms with van der Waals surface area (Å²) in [6.45, 7) is 0. The molecule has 0 saturated heterocycles. The molecule has 5 nitrogen and oxygen atoms in total. The molecule has 15 heavy (non-hydrogen) atoms. The summed E-state index contributed by atoms with van der Waals surface area (Å²) in [6.07, 6.45) is 0.807. The Kier molecular flexibility index (Phi) is 4.05. The number of carbonyl (C=O) groups is 1. The first kappa shape index (κ1) is 11.5. The van der Waals surface area contributed by atoms with Gasteiger partial charge >= 0.3 is 5.97 Å². The van der Waals surface area contributed by atoms with Crippen molar-refractivity contribution in [2.75, 3.05) is 7.11 Å². The van der Waals surface area contributed by atoms with E-state index in [4.69, 9.17) is 9.84 Å². The maximum atomic E-state index is 10.3. The SMILES string of the molecule is COc1ccc(C(O)CCC(=O)O)cn1. The zero-order valence-electron chi connectivity index (χ0n) is 8.38. The number of carboxylic acids is 1. The Hall–Kier alpha value is -1.62. The lowest BCUT2D eigenvalue weighted by Gasteiger charge is -2.09. The number of aliphatic hydroxyl groups excluding tert-OH is 1. The Morgan fingerprint density at radius 1 is 1.60 bits per heavy atom. The highest BCUT2D eigenvalue weighted by molar-refractivity contribution is 5.66. The molecule has 1 aromatic heterocycles. The van der Waals surface area contributed by atoms with Gasteiger partial charge in [0.05, 0.1) is 13.2 Å². The van der Waals surface area contributed by atoms with Crippen molar-refractivity contribution in [1.82, 2.24) is 4.98 Å². The molecular formula is C10H13NO4. The van der Waals surface area contributed by atoms with E-state index in [0.717, 1.165) is 0 Å². The average molecular weight is 211 g/mol. The molecule has 0 aliphatic rings. The fourth-order valence-corrected chi connectivity index (χ4v) is 1.14. The number of aliphatic hydroxyl groups is 1. The van der Waals surface area contributed by atoms with Gasteiger partial charge in [-0.1, -0.05) is 0 Å². The van der Waals surface area contributed by atoms with Gasteiger partial charge in [0.15, 0.2) is 0 Å². The molecule has 2 N–H and O–H groups in total. The first-order valence-corrected chi connectivity index (χ1v) is 4.53. The quantitative estimate of drug-likeness (QED) is 0.759. The molecule has 1 atom stereocenters. The standard InChI is InChI=1S/C10H13NO4/c1-15-9-4-2-7(6-11-9)8(12)3-5-10(13)14/h2,4,6,8,12H,3,5H2,1H3,(H,13,14). The van der Waals surface area contributed by atoms with Crippen LogP contribution in [0.15, 0.2) is 18.3 Å². The van der Waals surface area contributed by atoms with Crippen LogP contribution in [0.3, 0.4) is 0 Å². The lowest BCUT2D eigenvalue weighted by Crippen LogP contribution is -2.03. The van der Waals surface area contributed by atoms with E-state index in [1.165, 1.54) is 13.3 Å². The van der Waals surface area contributed by atoms with Crippen molar-refractivity contribution in [3.63, 3.8) is 0 Å². The predicted molar refractivity (Wildman–Crippen MR) is 52.6 cm³/mol. The van der Waals surface area contributed by atoms with E-state index in [1.54, 1.807) is 12.1 Å². The summed E-state index contributed by atoms with van der Waals surface area (Å²) in [4.78, 5) is 14.2. The second-order valence-corrected chi connectivity index (χ2v) is 3.08. The number of nitrogens with zero attached hydrogens (tertiary/aromatic N) is 1. The summed E-state index contributed by atoms with van der Waals surface area (Å²) in [5.41, 5.74) is 0.594. The van der Waals surface area contributed by atoms with Crippen LogP contribution in [0.5, 0.6) is 5.88 Å². The smallest absolute Gasteiger partial charge is 0.303 e. The third-order valence-corrected chi connectivity index (χ3v) is 1.98. The number of pyridine rings is 1. The van der Waals surface area contributed by atoms with Crippen LogP contribution < -0.4 is 4.74 Å². The Morgan fingerprint density at radius 2 is 2.33 bits per heavy atom. The summed E-state index contributed by atoms with van der Waals surface area (Å²) >= 11 is 0. The van der Waals surface area contributed by atoms with Crippen molar-refractivity contribution >= 4 is 5.97 Å². The summed E-state index contributed by atoms with van der Waals surface area (Å²) < 4.78 is 4.86. The number of hydrogen-bond donors (Lipinski definition) is 2. The van der Waals surface area contributed by atoms with E-state index in [-0.39, 0.29) is 12.8 Å². The van der Waals surface area contributed by atoms with Crippen molar-refractivity contribution in [1.29, 1.82) is 0 Å². The summed E-state index contributed by atoms with van der Waals surface area (Å²) in [5, 5.41) is 18.0. The molecule has 1 rings (SSSR count). The maximum Gasteiger partial charge on any atom is 0.303 e. The highest BCUT2D eigenvalue weighted by Crippen LogP contribution is 2.18. The lowest BCUT2D eigenvalue weighted by atomic mass is 10.1. The fourth-order valence-electron chi connectivity index (χ4n) is 1.14. The van der Waals surface area contributed by atoms with Crippen molar-refractivity contribution in [3.8, 4) is 5.88 Å². The van der Waals surface area contributed by atoms with Crippen molar-refractivity contribution in [2.24, 2.45) is 0 Å². The number of aliphatic carboxylic acids is 1. The first-order valence-electron chi connectivity index (χ1n) is 4.53. The Labute approximate surface area is 87.3 Å². The molecule has 0 amide bonds. The lowest BCUT2D eigenvalue weighted by molar-refractivity contribution is -0.137. The van der Waals surface area contributed by atoms with Gasteiger partial charge in [0.2, 0.25) is 5.88 Å². The number of hydrogen-bond acceptors (Lipinski definition) is 4. The van der Waals surface area contributed by atoms with Gasteiger partial charge in [-0.3, -0.25) is 4.79 Å². The van der Waals surface area contributed by atoms with Crippen LogP contribution in [0.4, 0.5) is 0 Å². The predicted octanol–water partition coefficient (Wildman–Crippen LogP) is 0.988. The van der Waals surface area contributed by atoms with Gasteiger partial charge in [0.25, 0.3) is 0 Å². The van der Waals surface area contributed by atoms with Gasteiger partial charge in [-0.15, -0.1) is 0 Å². The number of methoxy groups -OCH3 is 1. The molecule has 0 spiro atoms.